The summed E-state index contributed by atoms with van der Waals surface area (Å²) < 4.78 is 4.73. The zero-order valence-corrected chi connectivity index (χ0v) is 11.5. The van der Waals surface area contributed by atoms with Crippen molar-refractivity contribution in [2.45, 2.75) is 13.0 Å². The number of ether oxygens (including phenoxy) is 1. The van der Waals surface area contributed by atoms with Crippen LogP contribution in [-0.4, -0.2) is 18.8 Å². The highest BCUT2D eigenvalue weighted by atomic mass is 16.5. The Balaban J connectivity index is 2.20. The number of esters is 1. The summed E-state index contributed by atoms with van der Waals surface area (Å²) in [5, 5.41) is 0. The van der Waals surface area contributed by atoms with Crippen molar-refractivity contribution in [2.75, 3.05) is 7.11 Å². The van der Waals surface area contributed by atoms with Gasteiger partial charge >= 0.3 is 5.97 Å². The summed E-state index contributed by atoms with van der Waals surface area (Å²) in [5.74, 6) is -0.277. The van der Waals surface area contributed by atoms with Gasteiger partial charge in [0.15, 0.2) is 0 Å². The van der Waals surface area contributed by atoms with E-state index in [4.69, 9.17) is 4.74 Å². The van der Waals surface area contributed by atoms with Gasteiger partial charge in [0.05, 0.1) is 25.8 Å². The maximum absolute atomic E-state index is 11.5. The highest BCUT2D eigenvalue weighted by Crippen LogP contribution is 2.08. The van der Waals surface area contributed by atoms with Crippen molar-refractivity contribution < 1.29 is 9.53 Å². The first-order chi connectivity index (χ1) is 9.79. The van der Waals surface area contributed by atoms with E-state index >= 15 is 0 Å². The van der Waals surface area contributed by atoms with Crippen molar-refractivity contribution in [3.63, 3.8) is 0 Å². The van der Waals surface area contributed by atoms with Crippen LogP contribution in [0.1, 0.15) is 17.5 Å². The molecule has 0 N–H and O–H groups in total. The number of aliphatic imine (C=N–C) groups is 1. The molecule has 0 atom stereocenters. The van der Waals surface area contributed by atoms with E-state index in [0.29, 0.717) is 6.54 Å². The van der Waals surface area contributed by atoms with Crippen molar-refractivity contribution in [1.82, 2.24) is 0 Å². The Morgan fingerprint density at radius 1 is 1.00 bits per heavy atom. The molecule has 0 heterocycles. The second-order valence-corrected chi connectivity index (χ2v) is 4.37. The van der Waals surface area contributed by atoms with E-state index in [9.17, 15) is 4.79 Å². The molecule has 0 bridgehead atoms. The van der Waals surface area contributed by atoms with Crippen LogP contribution in [0.4, 0.5) is 0 Å². The summed E-state index contributed by atoms with van der Waals surface area (Å²) in [6.45, 7) is 0.558. The minimum Gasteiger partial charge on any atom is -0.469 e. The van der Waals surface area contributed by atoms with Crippen molar-refractivity contribution in [3.05, 3.63) is 71.8 Å². The van der Waals surface area contributed by atoms with Gasteiger partial charge in [-0.25, -0.2) is 0 Å². The summed E-state index contributed by atoms with van der Waals surface area (Å²) >= 11 is 0. The number of hydrogen-bond acceptors (Lipinski definition) is 3. The van der Waals surface area contributed by atoms with E-state index in [-0.39, 0.29) is 12.4 Å². The molecule has 102 valence electrons. The average Bonchev–Trinajstić information content (AvgIpc) is 2.53. The van der Waals surface area contributed by atoms with E-state index in [1.54, 1.807) is 0 Å². The molecule has 0 saturated carbocycles. The lowest BCUT2D eigenvalue weighted by atomic mass is 10.1. The van der Waals surface area contributed by atoms with Crippen LogP contribution in [-0.2, 0) is 16.1 Å². The third-order valence-corrected chi connectivity index (χ3v) is 2.94. The van der Waals surface area contributed by atoms with Gasteiger partial charge in [0.2, 0.25) is 0 Å². The third-order valence-electron chi connectivity index (χ3n) is 2.94. The average molecular weight is 267 g/mol. The fourth-order valence-electron chi connectivity index (χ4n) is 1.86. The first-order valence-electron chi connectivity index (χ1n) is 6.49. The maximum atomic E-state index is 11.5. The van der Waals surface area contributed by atoms with Crippen molar-refractivity contribution >= 4 is 11.7 Å². The van der Waals surface area contributed by atoms with Crippen LogP contribution >= 0.6 is 0 Å². The molecule has 3 nitrogen and oxygen atoms in total. The van der Waals surface area contributed by atoms with Gasteiger partial charge in [-0.05, 0) is 11.1 Å². The molecule has 2 aromatic carbocycles. The van der Waals surface area contributed by atoms with Gasteiger partial charge < -0.3 is 4.74 Å². The van der Waals surface area contributed by atoms with E-state index in [1.807, 2.05) is 60.7 Å². The van der Waals surface area contributed by atoms with Crippen LogP contribution in [0.2, 0.25) is 0 Å². The first kappa shape index (κ1) is 14.0. The lowest BCUT2D eigenvalue weighted by Crippen LogP contribution is -2.11. The van der Waals surface area contributed by atoms with Gasteiger partial charge in [0.1, 0.15) is 0 Å². The van der Waals surface area contributed by atoms with Gasteiger partial charge in [-0.15, -0.1) is 0 Å². The molecule has 0 aliphatic rings. The Kier molecular flexibility index (Phi) is 5.07. The molecule has 0 aliphatic heterocycles. The molecule has 0 saturated heterocycles. The Bertz CT molecular complexity index is 576. The van der Waals surface area contributed by atoms with Gasteiger partial charge in [-0.1, -0.05) is 60.7 Å². The van der Waals surface area contributed by atoms with Crippen LogP contribution in [0.25, 0.3) is 0 Å². The molecular weight excluding hydrogens is 250 g/mol. The zero-order valence-electron chi connectivity index (χ0n) is 11.5. The molecule has 2 rings (SSSR count). The SMILES string of the molecule is COC(=O)CC(=NCc1ccccc1)c1ccccc1. The predicted octanol–water partition coefficient (Wildman–Crippen LogP) is 3.24. The number of methoxy groups -OCH3 is 1. The predicted molar refractivity (Wildman–Crippen MR) is 79.8 cm³/mol. The summed E-state index contributed by atoms with van der Waals surface area (Å²) in [6, 6.07) is 19.7. The lowest BCUT2D eigenvalue weighted by Gasteiger charge is -2.06. The Labute approximate surface area is 118 Å². The largest absolute Gasteiger partial charge is 0.469 e. The standard InChI is InChI=1S/C17H17NO2/c1-20-17(19)12-16(15-10-6-3-7-11-15)18-13-14-8-4-2-5-9-14/h2-11H,12-13H2,1H3. The van der Waals surface area contributed by atoms with Crippen LogP contribution in [0.3, 0.4) is 0 Å². The fraction of sp³-hybridized carbons (Fsp3) is 0.176. The highest BCUT2D eigenvalue weighted by Gasteiger charge is 2.09. The summed E-state index contributed by atoms with van der Waals surface area (Å²) in [7, 11) is 1.39. The molecule has 0 amide bonds. The summed E-state index contributed by atoms with van der Waals surface area (Å²) in [5.41, 5.74) is 2.82. The number of nitrogens with zero attached hydrogens (tertiary/aromatic N) is 1. The third kappa shape index (κ3) is 4.05. The molecule has 0 fully saturated rings. The Morgan fingerprint density at radius 3 is 2.20 bits per heavy atom. The van der Waals surface area contributed by atoms with Crippen LogP contribution in [0.15, 0.2) is 65.7 Å². The number of benzene rings is 2. The molecule has 20 heavy (non-hydrogen) atoms. The van der Waals surface area contributed by atoms with Crippen LogP contribution in [0.5, 0.6) is 0 Å². The van der Waals surface area contributed by atoms with Gasteiger partial charge in [-0.3, -0.25) is 9.79 Å². The quantitative estimate of drug-likeness (QED) is 0.616. The van der Waals surface area contributed by atoms with Crippen LogP contribution in [0, 0.1) is 0 Å². The first-order valence-corrected chi connectivity index (χ1v) is 6.49. The molecule has 0 radical (unpaired) electrons. The Morgan fingerprint density at radius 2 is 1.60 bits per heavy atom. The van der Waals surface area contributed by atoms with Crippen LogP contribution < -0.4 is 0 Å². The number of carbonyl (C=O) groups is 1. The van der Waals surface area contributed by atoms with Gasteiger partial charge in [-0.2, -0.15) is 0 Å². The molecule has 0 aromatic heterocycles. The number of hydrogen-bond donors (Lipinski definition) is 0. The van der Waals surface area contributed by atoms with E-state index in [2.05, 4.69) is 4.99 Å². The van der Waals surface area contributed by atoms with Crippen molar-refractivity contribution in [3.8, 4) is 0 Å². The topological polar surface area (TPSA) is 38.7 Å². The smallest absolute Gasteiger partial charge is 0.311 e. The normalized spacial score (nSPS) is 11.2. The molecular formula is C17H17NO2. The molecule has 0 spiro atoms. The van der Waals surface area contributed by atoms with E-state index < -0.39 is 0 Å². The van der Waals surface area contributed by atoms with Crippen molar-refractivity contribution in [2.24, 2.45) is 4.99 Å². The number of carbonyl (C=O) groups excluding carboxylic acids is 1. The van der Waals surface area contributed by atoms with Crippen molar-refractivity contribution in [1.29, 1.82) is 0 Å². The second-order valence-electron chi connectivity index (χ2n) is 4.37. The van der Waals surface area contributed by atoms with Gasteiger partial charge in [0.25, 0.3) is 0 Å². The van der Waals surface area contributed by atoms with E-state index in [1.165, 1.54) is 7.11 Å². The minimum absolute atomic E-state index is 0.188. The minimum atomic E-state index is -0.277. The molecule has 3 heteroatoms. The maximum Gasteiger partial charge on any atom is 0.311 e. The summed E-state index contributed by atoms with van der Waals surface area (Å²) in [4.78, 5) is 16.1. The van der Waals surface area contributed by atoms with E-state index in [0.717, 1.165) is 16.8 Å². The summed E-state index contributed by atoms with van der Waals surface area (Å²) in [6.07, 6.45) is 0.188. The molecule has 0 aliphatic carbocycles. The Hall–Kier alpha value is -2.42. The monoisotopic (exact) mass is 267 g/mol. The second kappa shape index (κ2) is 7.24. The molecule has 2 aromatic rings. The fourth-order valence-corrected chi connectivity index (χ4v) is 1.86. The zero-order chi connectivity index (χ0) is 14.2. The number of rotatable bonds is 5. The highest BCUT2D eigenvalue weighted by molar-refractivity contribution is 6.09. The molecule has 0 unspecified atom stereocenters. The lowest BCUT2D eigenvalue weighted by molar-refractivity contribution is -0.139. The van der Waals surface area contributed by atoms with Gasteiger partial charge in [0, 0.05) is 0 Å².